The Kier molecular flexibility index (Phi) is 6.10. The van der Waals surface area contributed by atoms with Crippen LogP contribution in [0.1, 0.15) is 0 Å². The maximum atomic E-state index is 6.66. The predicted molar refractivity (Wildman–Crippen MR) is 236 cm³/mol. The second kappa shape index (κ2) is 11.4. The van der Waals surface area contributed by atoms with Gasteiger partial charge in [0.2, 0.25) is 0 Å². The molecule has 13 rings (SSSR count). The van der Waals surface area contributed by atoms with Gasteiger partial charge in [0.1, 0.15) is 16.9 Å². The van der Waals surface area contributed by atoms with E-state index in [1.165, 1.54) is 43.2 Å². The molecule has 57 heavy (non-hydrogen) atoms. The van der Waals surface area contributed by atoms with E-state index in [0.29, 0.717) is 0 Å². The van der Waals surface area contributed by atoms with Gasteiger partial charge in [0, 0.05) is 43.6 Å². The van der Waals surface area contributed by atoms with E-state index in [9.17, 15) is 0 Å². The molecule has 0 fully saturated rings. The van der Waals surface area contributed by atoms with Gasteiger partial charge in [-0.3, -0.25) is 4.57 Å². The van der Waals surface area contributed by atoms with Crippen molar-refractivity contribution in [3.63, 3.8) is 0 Å². The highest BCUT2D eigenvalue weighted by atomic mass is 16.3. The van der Waals surface area contributed by atoms with Crippen LogP contribution in [-0.2, 0) is 0 Å². The van der Waals surface area contributed by atoms with Crippen LogP contribution in [0, 0.1) is 0 Å². The average molecular weight is 727 g/mol. The average Bonchev–Trinajstić information content (AvgIpc) is 3.92. The van der Waals surface area contributed by atoms with Gasteiger partial charge in [-0.1, -0.05) is 121 Å². The van der Waals surface area contributed by atoms with Crippen molar-refractivity contribution >= 4 is 98.1 Å². The molecule has 0 aliphatic carbocycles. The first-order valence-electron chi connectivity index (χ1n) is 19.3. The fraction of sp³-hybridized carbons (Fsp3) is 0. The van der Waals surface area contributed by atoms with E-state index in [-0.39, 0.29) is 0 Å². The second-order valence-corrected chi connectivity index (χ2v) is 15.0. The smallest absolute Gasteiger partial charge is 0.165 e. The number of fused-ring (bicyclic) bond motifs is 13. The van der Waals surface area contributed by atoms with E-state index in [2.05, 4.69) is 161 Å². The molecule has 264 valence electrons. The Morgan fingerprint density at radius 2 is 1.07 bits per heavy atom. The zero-order valence-corrected chi connectivity index (χ0v) is 30.5. The van der Waals surface area contributed by atoms with Crippen molar-refractivity contribution in [2.45, 2.75) is 0 Å². The Labute approximate surface area is 325 Å². The van der Waals surface area contributed by atoms with E-state index >= 15 is 0 Å². The lowest BCUT2D eigenvalue weighted by molar-refractivity contribution is 0.669. The number of benzene rings is 9. The molecule has 4 heterocycles. The zero-order chi connectivity index (χ0) is 37.2. The van der Waals surface area contributed by atoms with Crippen LogP contribution >= 0.6 is 0 Å². The SMILES string of the molecule is c1ccc2cc3c(cc2c1)c1ccccc1n3-c1ccc2c3c4ccccc4ccc3n(-c3nc4ccccc4nc3-c3cccc4c3oc3ccccc34)c2c1. The van der Waals surface area contributed by atoms with Gasteiger partial charge >= 0.3 is 0 Å². The lowest BCUT2D eigenvalue weighted by Crippen LogP contribution is -2.04. The molecule has 0 radical (unpaired) electrons. The topological polar surface area (TPSA) is 48.8 Å². The van der Waals surface area contributed by atoms with Crippen molar-refractivity contribution in [1.82, 2.24) is 19.1 Å². The number of aromatic nitrogens is 4. The molecular formula is C52H30N4O. The minimum atomic E-state index is 0.752. The largest absolute Gasteiger partial charge is 0.455 e. The number of furan rings is 1. The van der Waals surface area contributed by atoms with Gasteiger partial charge in [0.25, 0.3) is 0 Å². The third-order valence-electron chi connectivity index (χ3n) is 11.9. The van der Waals surface area contributed by atoms with Gasteiger partial charge in [-0.15, -0.1) is 0 Å². The molecule has 5 nitrogen and oxygen atoms in total. The second-order valence-electron chi connectivity index (χ2n) is 15.0. The van der Waals surface area contributed by atoms with Gasteiger partial charge in [0.15, 0.2) is 5.82 Å². The highest BCUT2D eigenvalue weighted by Crippen LogP contribution is 2.43. The first-order valence-corrected chi connectivity index (χ1v) is 19.3. The molecule has 0 bridgehead atoms. The highest BCUT2D eigenvalue weighted by Gasteiger charge is 2.24. The van der Waals surface area contributed by atoms with Crippen LogP contribution in [0.5, 0.6) is 0 Å². The van der Waals surface area contributed by atoms with Crippen molar-refractivity contribution in [2.75, 3.05) is 0 Å². The Balaban J connectivity index is 1.18. The summed E-state index contributed by atoms with van der Waals surface area (Å²) in [4.78, 5) is 10.9. The summed E-state index contributed by atoms with van der Waals surface area (Å²) < 4.78 is 11.4. The summed E-state index contributed by atoms with van der Waals surface area (Å²) in [5.74, 6) is 0.752. The summed E-state index contributed by atoms with van der Waals surface area (Å²) in [6.45, 7) is 0. The lowest BCUT2D eigenvalue weighted by atomic mass is 10.0. The van der Waals surface area contributed by atoms with Gasteiger partial charge in [-0.25, -0.2) is 9.97 Å². The van der Waals surface area contributed by atoms with Crippen LogP contribution in [0.4, 0.5) is 0 Å². The molecule has 9 aromatic carbocycles. The fourth-order valence-corrected chi connectivity index (χ4v) is 9.34. The summed E-state index contributed by atoms with van der Waals surface area (Å²) in [6, 6.07) is 64.8. The van der Waals surface area contributed by atoms with Crippen LogP contribution in [0.3, 0.4) is 0 Å². The maximum absolute atomic E-state index is 6.66. The van der Waals surface area contributed by atoms with E-state index < -0.39 is 0 Å². The lowest BCUT2D eigenvalue weighted by Gasteiger charge is -2.15. The molecule has 0 unspecified atom stereocenters. The van der Waals surface area contributed by atoms with Crippen molar-refractivity contribution in [3.8, 4) is 22.8 Å². The maximum Gasteiger partial charge on any atom is 0.165 e. The third kappa shape index (κ3) is 4.28. The van der Waals surface area contributed by atoms with E-state index in [1.807, 2.05) is 30.3 Å². The van der Waals surface area contributed by atoms with Crippen LogP contribution in [0.25, 0.3) is 121 Å². The van der Waals surface area contributed by atoms with Crippen molar-refractivity contribution in [1.29, 1.82) is 0 Å². The Bertz CT molecular complexity index is 3830. The number of hydrogen-bond donors (Lipinski definition) is 0. The molecule has 0 aliphatic heterocycles. The number of rotatable bonds is 3. The molecule has 0 atom stereocenters. The van der Waals surface area contributed by atoms with Gasteiger partial charge in [-0.05, 0) is 82.2 Å². The predicted octanol–water partition coefficient (Wildman–Crippen LogP) is 13.7. The Morgan fingerprint density at radius 1 is 0.386 bits per heavy atom. The molecule has 4 aromatic heterocycles. The Morgan fingerprint density at radius 3 is 1.95 bits per heavy atom. The first kappa shape index (κ1) is 30.6. The highest BCUT2D eigenvalue weighted by molar-refractivity contribution is 6.22. The van der Waals surface area contributed by atoms with Crippen LogP contribution in [0.15, 0.2) is 186 Å². The molecule has 0 saturated heterocycles. The first-order chi connectivity index (χ1) is 28.3. The van der Waals surface area contributed by atoms with E-state index in [4.69, 9.17) is 14.4 Å². The quantitative estimate of drug-likeness (QED) is 0.182. The van der Waals surface area contributed by atoms with Gasteiger partial charge < -0.3 is 8.98 Å². The molecule has 0 amide bonds. The standard InChI is InChI=1S/C52H30N4O/c1-2-14-33-29-46-41(28-32(33)13-1)36-16-5-9-22-44(36)55(46)34-25-26-39-47(30-34)56(45-27-24-31-12-3-4-15-35(31)49(39)45)52-50(53-42-20-7-8-21-43(42)54-52)40-19-11-18-38-37-17-6-10-23-48(37)57-51(38)40/h1-30H. The summed E-state index contributed by atoms with van der Waals surface area (Å²) >= 11 is 0. The zero-order valence-electron chi connectivity index (χ0n) is 30.5. The summed E-state index contributed by atoms with van der Waals surface area (Å²) in [5.41, 5.74) is 10.5. The minimum absolute atomic E-state index is 0.752. The van der Waals surface area contributed by atoms with Gasteiger partial charge in [0.05, 0.1) is 33.1 Å². The number of para-hydroxylation sites is 5. The van der Waals surface area contributed by atoms with Crippen molar-refractivity contribution in [2.24, 2.45) is 0 Å². The van der Waals surface area contributed by atoms with Crippen LogP contribution in [-0.4, -0.2) is 19.1 Å². The minimum Gasteiger partial charge on any atom is -0.455 e. The molecule has 0 spiro atoms. The van der Waals surface area contributed by atoms with Crippen LogP contribution < -0.4 is 0 Å². The molecule has 13 aromatic rings. The summed E-state index contributed by atoms with van der Waals surface area (Å²) in [5, 5.41) is 11.8. The van der Waals surface area contributed by atoms with Crippen LogP contribution in [0.2, 0.25) is 0 Å². The Hall–Kier alpha value is -7.76. The monoisotopic (exact) mass is 726 g/mol. The molecule has 0 aliphatic rings. The summed E-state index contributed by atoms with van der Waals surface area (Å²) in [7, 11) is 0. The summed E-state index contributed by atoms with van der Waals surface area (Å²) in [6.07, 6.45) is 0. The fourth-order valence-electron chi connectivity index (χ4n) is 9.34. The normalized spacial score (nSPS) is 12.2. The number of hydrogen-bond acceptors (Lipinski definition) is 3. The molecule has 0 saturated carbocycles. The van der Waals surface area contributed by atoms with E-state index in [0.717, 1.165) is 77.7 Å². The van der Waals surface area contributed by atoms with Gasteiger partial charge in [-0.2, -0.15) is 0 Å². The van der Waals surface area contributed by atoms with Crippen molar-refractivity contribution in [3.05, 3.63) is 182 Å². The molecular weight excluding hydrogens is 697 g/mol. The van der Waals surface area contributed by atoms with Crippen molar-refractivity contribution < 1.29 is 4.42 Å². The third-order valence-corrected chi connectivity index (χ3v) is 11.9. The number of nitrogens with zero attached hydrogens (tertiary/aromatic N) is 4. The van der Waals surface area contributed by atoms with E-state index in [1.54, 1.807) is 0 Å². The molecule has 0 N–H and O–H groups in total. The molecule has 5 heteroatoms.